The Morgan fingerprint density at radius 1 is 0.850 bits per heavy atom. The van der Waals surface area contributed by atoms with E-state index in [2.05, 4.69) is 27.8 Å². The molecule has 116 valence electrons. The van der Waals surface area contributed by atoms with Crippen LogP contribution in [0.3, 0.4) is 0 Å². The highest BCUT2D eigenvalue weighted by Crippen LogP contribution is 2.11. The summed E-state index contributed by atoms with van der Waals surface area (Å²) in [5, 5.41) is 0. The molecule has 1 atom stereocenters. The van der Waals surface area contributed by atoms with E-state index in [0.717, 1.165) is 6.42 Å². The zero-order valence-electron chi connectivity index (χ0n) is 12.9. The monoisotopic (exact) mass is 342 g/mol. The summed E-state index contributed by atoms with van der Waals surface area (Å²) < 4.78 is 0. The first-order valence-corrected chi connectivity index (χ1v) is 8.93. The molecular weight excluding hydrogens is 312 g/mol. The number of unbranched alkanes of at least 4 members (excludes halogenated alkanes) is 8. The minimum atomic E-state index is 0.215. The SMILES string of the molecule is CCCCCCCCCCCC(N)Br.c1ccncc1. The van der Waals surface area contributed by atoms with E-state index in [1.807, 2.05) is 18.2 Å². The molecule has 0 saturated heterocycles. The molecule has 0 bridgehead atoms. The largest absolute Gasteiger partial charge is 0.319 e. The highest BCUT2D eigenvalue weighted by atomic mass is 79.9. The number of pyridine rings is 1. The van der Waals surface area contributed by atoms with E-state index in [-0.39, 0.29) is 4.95 Å². The van der Waals surface area contributed by atoms with Gasteiger partial charge in [-0.2, -0.15) is 0 Å². The summed E-state index contributed by atoms with van der Waals surface area (Å²) in [4.78, 5) is 4.00. The summed E-state index contributed by atoms with van der Waals surface area (Å²) in [5.74, 6) is 0. The van der Waals surface area contributed by atoms with E-state index in [9.17, 15) is 0 Å². The molecule has 0 aliphatic rings. The van der Waals surface area contributed by atoms with Crippen molar-refractivity contribution in [2.45, 2.75) is 76.1 Å². The van der Waals surface area contributed by atoms with E-state index in [4.69, 9.17) is 5.73 Å². The summed E-state index contributed by atoms with van der Waals surface area (Å²) in [6.07, 6.45) is 17.1. The van der Waals surface area contributed by atoms with Gasteiger partial charge < -0.3 is 5.73 Å². The highest BCUT2D eigenvalue weighted by molar-refractivity contribution is 9.09. The average Bonchev–Trinajstić information content (AvgIpc) is 2.48. The van der Waals surface area contributed by atoms with Crippen molar-refractivity contribution in [3.8, 4) is 0 Å². The van der Waals surface area contributed by atoms with Crippen molar-refractivity contribution in [3.05, 3.63) is 30.6 Å². The number of aromatic nitrogens is 1. The molecule has 1 heterocycles. The van der Waals surface area contributed by atoms with Gasteiger partial charge in [-0.05, 0) is 18.6 Å². The van der Waals surface area contributed by atoms with Gasteiger partial charge in [0.1, 0.15) is 0 Å². The van der Waals surface area contributed by atoms with Crippen LogP contribution in [0.1, 0.15) is 71.1 Å². The molecule has 3 heteroatoms. The van der Waals surface area contributed by atoms with Crippen molar-refractivity contribution in [3.63, 3.8) is 0 Å². The number of nitrogens with two attached hydrogens (primary N) is 1. The Kier molecular flexibility index (Phi) is 16.3. The summed E-state index contributed by atoms with van der Waals surface area (Å²) >= 11 is 3.36. The maximum Gasteiger partial charge on any atom is 0.0605 e. The fourth-order valence-corrected chi connectivity index (χ4v) is 2.29. The summed E-state index contributed by atoms with van der Waals surface area (Å²) in [6, 6.07) is 5.72. The summed E-state index contributed by atoms with van der Waals surface area (Å²) in [5.41, 5.74) is 5.60. The van der Waals surface area contributed by atoms with Crippen LogP contribution in [0.15, 0.2) is 30.6 Å². The van der Waals surface area contributed by atoms with Crippen LogP contribution < -0.4 is 5.73 Å². The Labute approximate surface area is 133 Å². The molecule has 2 N–H and O–H groups in total. The number of halogens is 1. The molecule has 0 amide bonds. The van der Waals surface area contributed by atoms with Gasteiger partial charge in [0.15, 0.2) is 0 Å². The summed E-state index contributed by atoms with van der Waals surface area (Å²) in [7, 11) is 0. The molecule has 0 saturated carbocycles. The molecule has 1 rings (SSSR count). The lowest BCUT2D eigenvalue weighted by atomic mass is 10.1. The third-order valence-corrected chi connectivity index (χ3v) is 3.61. The van der Waals surface area contributed by atoms with Crippen LogP contribution in [0, 0.1) is 0 Å². The number of hydrogen-bond acceptors (Lipinski definition) is 2. The molecule has 1 aromatic rings. The van der Waals surface area contributed by atoms with Gasteiger partial charge in [0, 0.05) is 12.4 Å². The van der Waals surface area contributed by atoms with Crippen molar-refractivity contribution in [1.82, 2.24) is 4.98 Å². The zero-order valence-corrected chi connectivity index (χ0v) is 14.5. The Hall–Kier alpha value is -0.410. The van der Waals surface area contributed by atoms with E-state index in [1.54, 1.807) is 12.4 Å². The van der Waals surface area contributed by atoms with Crippen LogP contribution >= 0.6 is 15.9 Å². The van der Waals surface area contributed by atoms with Gasteiger partial charge in [0.25, 0.3) is 0 Å². The first kappa shape index (κ1) is 19.6. The van der Waals surface area contributed by atoms with Crippen LogP contribution in [0.4, 0.5) is 0 Å². The number of alkyl halides is 1. The average molecular weight is 343 g/mol. The van der Waals surface area contributed by atoms with E-state index in [0.29, 0.717) is 0 Å². The van der Waals surface area contributed by atoms with Crippen molar-refractivity contribution < 1.29 is 0 Å². The Balaban J connectivity index is 0.000000493. The van der Waals surface area contributed by atoms with Gasteiger partial charge >= 0.3 is 0 Å². The highest BCUT2D eigenvalue weighted by Gasteiger charge is 1.95. The van der Waals surface area contributed by atoms with Gasteiger partial charge in [0.05, 0.1) is 4.95 Å². The molecule has 0 fully saturated rings. The van der Waals surface area contributed by atoms with Gasteiger partial charge in [-0.1, -0.05) is 86.7 Å². The second-order valence-corrected chi connectivity index (χ2v) is 6.33. The fourth-order valence-electron chi connectivity index (χ4n) is 1.96. The lowest BCUT2D eigenvalue weighted by Crippen LogP contribution is -2.09. The Morgan fingerprint density at radius 2 is 1.35 bits per heavy atom. The molecule has 0 aliphatic heterocycles. The fraction of sp³-hybridized carbons (Fsp3) is 0.706. The van der Waals surface area contributed by atoms with E-state index < -0.39 is 0 Å². The molecular formula is C17H31BrN2. The predicted molar refractivity (Wildman–Crippen MR) is 93.0 cm³/mol. The summed E-state index contributed by atoms with van der Waals surface area (Å²) in [6.45, 7) is 2.27. The second kappa shape index (κ2) is 16.6. The quantitative estimate of drug-likeness (QED) is 0.338. The molecule has 0 spiro atoms. The second-order valence-electron chi connectivity index (χ2n) is 5.16. The van der Waals surface area contributed by atoms with Crippen LogP contribution in [0.25, 0.3) is 0 Å². The normalized spacial score (nSPS) is 11.6. The third-order valence-electron chi connectivity index (χ3n) is 3.15. The van der Waals surface area contributed by atoms with Gasteiger partial charge in [0.2, 0.25) is 0 Å². The van der Waals surface area contributed by atoms with Gasteiger partial charge in [-0.3, -0.25) is 4.98 Å². The van der Waals surface area contributed by atoms with E-state index >= 15 is 0 Å². The van der Waals surface area contributed by atoms with Crippen molar-refractivity contribution in [1.29, 1.82) is 0 Å². The first-order chi connectivity index (χ1) is 9.77. The van der Waals surface area contributed by atoms with Crippen molar-refractivity contribution in [2.75, 3.05) is 0 Å². The number of rotatable bonds is 10. The lowest BCUT2D eigenvalue weighted by molar-refractivity contribution is 0.555. The molecule has 2 nitrogen and oxygen atoms in total. The van der Waals surface area contributed by atoms with E-state index in [1.165, 1.54) is 57.8 Å². The molecule has 0 aliphatic carbocycles. The standard InChI is InChI=1S/C12H26BrN.C5H5N/c1-2-3-4-5-6-7-8-9-10-11-12(13)14;1-2-4-6-5-3-1/h12H,2-11,14H2,1H3;1-5H. The predicted octanol–water partition coefficient (Wildman–Crippen LogP) is 5.67. The van der Waals surface area contributed by atoms with Crippen LogP contribution in [0.2, 0.25) is 0 Å². The lowest BCUT2D eigenvalue weighted by Gasteiger charge is -2.03. The third kappa shape index (κ3) is 17.6. The molecule has 1 unspecified atom stereocenters. The smallest absolute Gasteiger partial charge is 0.0605 e. The maximum atomic E-state index is 5.60. The maximum absolute atomic E-state index is 5.60. The molecule has 0 radical (unpaired) electrons. The molecule has 1 aromatic heterocycles. The van der Waals surface area contributed by atoms with Gasteiger partial charge in [-0.15, -0.1) is 0 Å². The van der Waals surface area contributed by atoms with Crippen molar-refractivity contribution in [2.24, 2.45) is 5.73 Å². The topological polar surface area (TPSA) is 38.9 Å². The van der Waals surface area contributed by atoms with Crippen LogP contribution in [0.5, 0.6) is 0 Å². The van der Waals surface area contributed by atoms with Crippen LogP contribution in [-0.4, -0.2) is 9.94 Å². The minimum absolute atomic E-state index is 0.215. The number of nitrogens with zero attached hydrogens (tertiary/aromatic N) is 1. The van der Waals surface area contributed by atoms with Crippen molar-refractivity contribution >= 4 is 15.9 Å². The molecule has 0 aromatic carbocycles. The number of hydrogen-bond donors (Lipinski definition) is 1. The molecule has 20 heavy (non-hydrogen) atoms. The Morgan fingerprint density at radius 3 is 1.70 bits per heavy atom. The first-order valence-electron chi connectivity index (χ1n) is 8.02. The Bertz CT molecular complexity index is 238. The van der Waals surface area contributed by atoms with Crippen LogP contribution in [-0.2, 0) is 0 Å². The van der Waals surface area contributed by atoms with Gasteiger partial charge in [-0.25, -0.2) is 0 Å². The minimum Gasteiger partial charge on any atom is -0.319 e. The zero-order chi connectivity index (χ0) is 14.9.